The second kappa shape index (κ2) is 8.87. The van der Waals surface area contributed by atoms with Crippen LogP contribution < -0.4 is 4.74 Å². The zero-order valence-electron chi connectivity index (χ0n) is 19.9. The molecule has 1 aliphatic rings. The van der Waals surface area contributed by atoms with E-state index < -0.39 is 0 Å². The molecule has 0 atom stereocenters. The summed E-state index contributed by atoms with van der Waals surface area (Å²) < 4.78 is 14.0. The highest BCUT2D eigenvalue weighted by atomic mass is 16.5. The van der Waals surface area contributed by atoms with Crippen molar-refractivity contribution >= 4 is 22.7 Å². The fourth-order valence-corrected chi connectivity index (χ4v) is 4.88. The highest BCUT2D eigenvalue weighted by molar-refractivity contribution is 5.93. The Morgan fingerprint density at radius 1 is 1.03 bits per heavy atom. The summed E-state index contributed by atoms with van der Waals surface area (Å²) in [5.74, 6) is 2.45. The summed E-state index contributed by atoms with van der Waals surface area (Å²) in [6.45, 7) is 5.58. The predicted octanol–water partition coefficient (Wildman–Crippen LogP) is 6.21. The Kier molecular flexibility index (Phi) is 5.41. The minimum Gasteiger partial charge on any atom is -0.488 e. The topological polar surface area (TPSA) is 66.0 Å². The highest BCUT2D eigenvalue weighted by Crippen LogP contribution is 2.38. The maximum atomic E-state index is 6.24. The largest absolute Gasteiger partial charge is 0.488 e. The second-order valence-corrected chi connectivity index (χ2v) is 8.92. The molecular formula is C29H26N4O2. The van der Waals surface area contributed by atoms with Gasteiger partial charge in [-0.2, -0.15) is 0 Å². The van der Waals surface area contributed by atoms with Gasteiger partial charge in [0.2, 0.25) is 12.3 Å². The normalized spacial score (nSPS) is 13.9. The number of fused-ring (bicyclic) bond motifs is 3. The van der Waals surface area contributed by atoms with Crippen molar-refractivity contribution in [1.82, 2.24) is 19.7 Å². The molecule has 0 saturated carbocycles. The average Bonchev–Trinajstić information content (AvgIpc) is 3.48. The fourth-order valence-electron chi connectivity index (χ4n) is 4.88. The first-order valence-corrected chi connectivity index (χ1v) is 12.0. The van der Waals surface area contributed by atoms with Gasteiger partial charge in [0.1, 0.15) is 18.2 Å². The smallest absolute Gasteiger partial charge is 0.240 e. The van der Waals surface area contributed by atoms with Crippen LogP contribution >= 0.6 is 0 Å². The first-order chi connectivity index (χ1) is 17.2. The zero-order chi connectivity index (χ0) is 23.8. The molecule has 0 unspecified atom stereocenters. The van der Waals surface area contributed by atoms with Crippen LogP contribution in [0.4, 0.5) is 0 Å². The quantitative estimate of drug-likeness (QED) is 0.311. The van der Waals surface area contributed by atoms with E-state index in [0.717, 1.165) is 58.7 Å². The number of hydrogen-bond acceptors (Lipinski definition) is 5. The van der Waals surface area contributed by atoms with Gasteiger partial charge in [-0.3, -0.25) is 0 Å². The van der Waals surface area contributed by atoms with E-state index in [1.54, 1.807) is 0 Å². The van der Waals surface area contributed by atoms with Crippen LogP contribution in [0.25, 0.3) is 22.7 Å². The van der Waals surface area contributed by atoms with Crippen LogP contribution in [0.3, 0.4) is 0 Å². The number of nitrogens with zero attached hydrogens (tertiary/aromatic N) is 4. The third-order valence-corrected chi connectivity index (χ3v) is 6.54. The Hall–Kier alpha value is -4.19. The Labute approximate surface area is 203 Å². The van der Waals surface area contributed by atoms with E-state index in [4.69, 9.17) is 14.1 Å². The minimum absolute atomic E-state index is 0.469. The molecule has 2 aromatic heterocycles. The molecular weight excluding hydrogens is 436 g/mol. The number of benzene rings is 3. The lowest BCUT2D eigenvalue weighted by Gasteiger charge is -2.13. The molecule has 0 radical (unpaired) electrons. The van der Waals surface area contributed by atoms with Gasteiger partial charge < -0.3 is 13.7 Å². The van der Waals surface area contributed by atoms with Gasteiger partial charge in [0.25, 0.3) is 0 Å². The molecule has 0 bridgehead atoms. The molecule has 0 spiro atoms. The number of hydrogen-bond donors (Lipinski definition) is 0. The first kappa shape index (κ1) is 21.4. The molecule has 5 aromatic rings. The number of aryl methyl sites for hydroxylation is 2. The Morgan fingerprint density at radius 2 is 1.94 bits per heavy atom. The molecule has 174 valence electrons. The number of ether oxygens (including phenoxy) is 1. The molecule has 0 amide bonds. The second-order valence-electron chi connectivity index (χ2n) is 8.92. The Morgan fingerprint density at radius 3 is 2.80 bits per heavy atom. The van der Waals surface area contributed by atoms with Crippen molar-refractivity contribution < 1.29 is 9.15 Å². The standard InChI is InChI=1S/C29H26N4O2/c1-3-7-27-31-29-19(2)8-6-10-25(29)33(27)16-20-12-13-22-21(14-20)17-34-26-11-5-4-9-23(26)24(22)15-28-32-30-18-35-28/h4-6,8-15,18H,3,7,16-17H2,1-2H3. The third-order valence-electron chi connectivity index (χ3n) is 6.54. The number of rotatable bonds is 5. The lowest BCUT2D eigenvalue weighted by atomic mass is 9.92. The molecule has 0 N–H and O–H groups in total. The van der Waals surface area contributed by atoms with Crippen molar-refractivity contribution in [2.45, 2.75) is 39.8 Å². The Balaban J connectivity index is 1.44. The maximum absolute atomic E-state index is 6.24. The zero-order valence-corrected chi connectivity index (χ0v) is 19.9. The van der Waals surface area contributed by atoms with Gasteiger partial charge in [-0.05, 0) is 59.4 Å². The molecule has 3 aromatic carbocycles. The fraction of sp³-hybridized carbons (Fsp3) is 0.207. The molecule has 6 nitrogen and oxygen atoms in total. The van der Waals surface area contributed by atoms with Crippen LogP contribution in [0.15, 0.2) is 71.5 Å². The third kappa shape index (κ3) is 3.91. The molecule has 35 heavy (non-hydrogen) atoms. The van der Waals surface area contributed by atoms with Crippen molar-refractivity contribution in [2.24, 2.45) is 0 Å². The van der Waals surface area contributed by atoms with Crippen LogP contribution in [-0.2, 0) is 19.6 Å². The SMILES string of the molecule is CCCc1nc2c(C)cccc2n1Cc1ccc2c(c1)COc1ccccc1C2=Cc1nnco1. The Bertz CT molecular complexity index is 1550. The van der Waals surface area contributed by atoms with Gasteiger partial charge in [-0.25, -0.2) is 4.98 Å². The number of aromatic nitrogens is 4. The van der Waals surface area contributed by atoms with E-state index >= 15 is 0 Å². The lowest BCUT2D eigenvalue weighted by Crippen LogP contribution is -2.06. The summed E-state index contributed by atoms with van der Waals surface area (Å²) in [4.78, 5) is 4.99. The highest BCUT2D eigenvalue weighted by Gasteiger charge is 2.21. The molecule has 1 aliphatic heterocycles. The summed E-state index contributed by atoms with van der Waals surface area (Å²) >= 11 is 0. The number of para-hydroxylation sites is 2. The van der Waals surface area contributed by atoms with Gasteiger partial charge >= 0.3 is 0 Å². The van der Waals surface area contributed by atoms with E-state index in [2.05, 4.69) is 71.1 Å². The monoisotopic (exact) mass is 462 g/mol. The maximum Gasteiger partial charge on any atom is 0.240 e. The summed E-state index contributed by atoms with van der Waals surface area (Å²) in [6.07, 6.45) is 5.29. The molecule has 3 heterocycles. The summed E-state index contributed by atoms with van der Waals surface area (Å²) in [5.41, 5.74) is 8.96. The molecule has 0 fully saturated rings. The average molecular weight is 463 g/mol. The summed E-state index contributed by atoms with van der Waals surface area (Å²) in [5, 5.41) is 7.91. The predicted molar refractivity (Wildman–Crippen MR) is 136 cm³/mol. The van der Waals surface area contributed by atoms with Crippen molar-refractivity contribution in [3.63, 3.8) is 0 Å². The van der Waals surface area contributed by atoms with E-state index in [1.807, 2.05) is 24.3 Å². The van der Waals surface area contributed by atoms with E-state index in [-0.39, 0.29) is 0 Å². The molecule has 0 saturated heterocycles. The van der Waals surface area contributed by atoms with Crippen molar-refractivity contribution in [2.75, 3.05) is 0 Å². The van der Waals surface area contributed by atoms with E-state index in [1.165, 1.54) is 23.0 Å². The molecule has 0 aliphatic carbocycles. The van der Waals surface area contributed by atoms with Crippen LogP contribution in [0.2, 0.25) is 0 Å². The van der Waals surface area contributed by atoms with E-state index in [9.17, 15) is 0 Å². The lowest BCUT2D eigenvalue weighted by molar-refractivity contribution is 0.307. The van der Waals surface area contributed by atoms with Gasteiger partial charge in [-0.1, -0.05) is 49.4 Å². The van der Waals surface area contributed by atoms with Crippen LogP contribution in [0.1, 0.15) is 52.9 Å². The summed E-state index contributed by atoms with van der Waals surface area (Å²) in [7, 11) is 0. The van der Waals surface area contributed by atoms with Crippen LogP contribution in [0.5, 0.6) is 5.75 Å². The molecule has 6 rings (SSSR count). The van der Waals surface area contributed by atoms with Crippen molar-refractivity contribution in [3.05, 3.63) is 107 Å². The molecule has 6 heteroatoms. The van der Waals surface area contributed by atoms with E-state index in [0.29, 0.717) is 12.5 Å². The minimum atomic E-state index is 0.469. The van der Waals surface area contributed by atoms with Crippen molar-refractivity contribution in [3.8, 4) is 5.75 Å². The van der Waals surface area contributed by atoms with Gasteiger partial charge in [-0.15, -0.1) is 10.2 Å². The van der Waals surface area contributed by atoms with Gasteiger partial charge in [0.15, 0.2) is 0 Å². The van der Waals surface area contributed by atoms with Crippen molar-refractivity contribution in [1.29, 1.82) is 0 Å². The van der Waals surface area contributed by atoms with Gasteiger partial charge in [0, 0.05) is 24.6 Å². The number of imidazole rings is 1. The van der Waals surface area contributed by atoms with Gasteiger partial charge in [0.05, 0.1) is 11.0 Å². The summed E-state index contributed by atoms with van der Waals surface area (Å²) in [6, 6.07) is 21.1. The first-order valence-electron chi connectivity index (χ1n) is 12.0. The van der Waals surface area contributed by atoms with Crippen LogP contribution in [0, 0.1) is 6.92 Å². The van der Waals surface area contributed by atoms with Crippen LogP contribution in [-0.4, -0.2) is 19.7 Å².